The highest BCUT2D eigenvalue weighted by Crippen LogP contribution is 2.06. The molecule has 0 fully saturated rings. The molecule has 1 unspecified atom stereocenters. The van der Waals surface area contributed by atoms with E-state index in [9.17, 15) is 14.4 Å². The van der Waals surface area contributed by atoms with Crippen molar-refractivity contribution in [2.45, 2.75) is 73.5 Å². The van der Waals surface area contributed by atoms with E-state index in [-0.39, 0.29) is 18.2 Å². The van der Waals surface area contributed by atoms with Gasteiger partial charge in [-0.1, -0.05) is 34.6 Å². The molecule has 0 aliphatic heterocycles. The van der Waals surface area contributed by atoms with Crippen LogP contribution in [0.25, 0.3) is 0 Å². The molecule has 0 saturated carbocycles. The van der Waals surface area contributed by atoms with Gasteiger partial charge in [0.05, 0.1) is 6.04 Å². The third-order valence-corrected chi connectivity index (χ3v) is 2.47. The average Bonchev–Trinajstić information content (AvgIpc) is 2.41. The smallest absolute Gasteiger partial charge is 0.408 e. The molecule has 0 aliphatic carbocycles. The molecule has 0 aromatic carbocycles. The van der Waals surface area contributed by atoms with Crippen molar-refractivity contribution in [2.75, 3.05) is 6.54 Å². The minimum absolute atomic E-state index is 0.00734. The molecule has 0 heterocycles. The van der Waals surface area contributed by atoms with E-state index < -0.39 is 23.6 Å². The summed E-state index contributed by atoms with van der Waals surface area (Å²) in [5, 5.41) is 4.98. The zero-order valence-corrected chi connectivity index (χ0v) is 15.2. The number of rotatable bonds is 6. The Morgan fingerprint density at radius 1 is 1.09 bits per heavy atom. The van der Waals surface area contributed by atoms with Crippen molar-refractivity contribution in [3.05, 3.63) is 0 Å². The Bertz CT molecular complexity index is 360. The van der Waals surface area contributed by atoms with Crippen molar-refractivity contribution in [1.82, 2.24) is 10.6 Å². The lowest BCUT2D eigenvalue weighted by atomic mass is 9.98. The number of nitrogens with one attached hydrogen (secondary N) is 2. The Labute approximate surface area is 134 Å². The highest BCUT2D eigenvalue weighted by atomic mass is 16.6. The van der Waals surface area contributed by atoms with Gasteiger partial charge in [-0.25, -0.2) is 4.79 Å². The Balaban J connectivity index is 0. The monoisotopic (exact) mass is 316 g/mol. The molecule has 2 N–H and O–H groups in total. The number of ketones is 1. The maximum absolute atomic E-state index is 11.7. The topological polar surface area (TPSA) is 84.5 Å². The molecule has 0 bridgehead atoms. The van der Waals surface area contributed by atoms with Gasteiger partial charge in [-0.2, -0.15) is 0 Å². The van der Waals surface area contributed by atoms with E-state index in [0.717, 1.165) is 0 Å². The molecule has 0 radical (unpaired) electrons. The van der Waals surface area contributed by atoms with Crippen LogP contribution >= 0.6 is 0 Å². The quantitative estimate of drug-likeness (QED) is 0.789. The lowest BCUT2D eigenvalue weighted by Gasteiger charge is -2.22. The fraction of sp³-hybridized carbons (Fsp3) is 0.812. The molecule has 0 aliphatic rings. The van der Waals surface area contributed by atoms with Gasteiger partial charge in [-0.05, 0) is 26.7 Å². The van der Waals surface area contributed by atoms with Crippen LogP contribution in [0.2, 0.25) is 0 Å². The first-order valence-electron chi connectivity index (χ1n) is 7.85. The van der Waals surface area contributed by atoms with Crippen molar-refractivity contribution < 1.29 is 19.1 Å². The van der Waals surface area contributed by atoms with Crippen LogP contribution in [0.5, 0.6) is 0 Å². The fourth-order valence-electron chi connectivity index (χ4n) is 1.53. The Kier molecular flexibility index (Phi) is 11.4. The summed E-state index contributed by atoms with van der Waals surface area (Å²) >= 11 is 0. The van der Waals surface area contributed by atoms with Gasteiger partial charge in [0.25, 0.3) is 0 Å². The lowest BCUT2D eigenvalue weighted by Crippen LogP contribution is -2.48. The van der Waals surface area contributed by atoms with Crippen molar-refractivity contribution in [3.63, 3.8) is 0 Å². The van der Waals surface area contributed by atoms with Crippen LogP contribution in [0.1, 0.15) is 61.8 Å². The number of hydrogen-bond donors (Lipinski definition) is 2. The summed E-state index contributed by atoms with van der Waals surface area (Å²) in [6.45, 7) is 14.5. The number of carbonyl (C=O) groups is 3. The number of Topliss-reactive ketones (excluding diaryl/α,β-unsaturated/α-hetero) is 1. The summed E-state index contributed by atoms with van der Waals surface area (Å²) in [6, 6.07) is -0.520. The van der Waals surface area contributed by atoms with E-state index in [2.05, 4.69) is 10.6 Å². The number of ether oxygens (including phenoxy) is 1. The molecule has 1 atom stereocenters. The van der Waals surface area contributed by atoms with Gasteiger partial charge in [0, 0.05) is 6.42 Å². The third kappa shape index (κ3) is 11.1. The Hall–Kier alpha value is -1.59. The van der Waals surface area contributed by atoms with E-state index >= 15 is 0 Å². The largest absolute Gasteiger partial charge is 0.444 e. The molecule has 0 saturated heterocycles. The Morgan fingerprint density at radius 3 is 1.95 bits per heavy atom. The summed E-state index contributed by atoms with van der Waals surface area (Å²) in [4.78, 5) is 34.8. The predicted octanol–water partition coefficient (Wildman–Crippen LogP) is 2.66. The first kappa shape index (κ1) is 22.7. The summed E-state index contributed by atoms with van der Waals surface area (Å²) in [6.07, 6.45) is -0.293. The number of alkyl carbamates (subject to hydrolysis) is 1. The molecule has 0 aromatic heterocycles. The van der Waals surface area contributed by atoms with Crippen molar-refractivity contribution in [1.29, 1.82) is 0 Å². The van der Waals surface area contributed by atoms with Crippen molar-refractivity contribution in [2.24, 2.45) is 5.92 Å². The molecule has 6 heteroatoms. The van der Waals surface area contributed by atoms with Gasteiger partial charge in [-0.15, -0.1) is 0 Å². The van der Waals surface area contributed by atoms with Gasteiger partial charge < -0.3 is 15.4 Å². The molecule has 2 amide bonds. The molecule has 0 rings (SSSR count). The van der Waals surface area contributed by atoms with Gasteiger partial charge in [0.1, 0.15) is 12.1 Å². The lowest BCUT2D eigenvalue weighted by molar-refractivity contribution is -0.128. The van der Waals surface area contributed by atoms with Crippen molar-refractivity contribution >= 4 is 17.8 Å². The minimum Gasteiger partial charge on any atom is -0.444 e. The maximum atomic E-state index is 11.7. The summed E-state index contributed by atoms with van der Waals surface area (Å²) in [5.74, 6) is -0.421. The average molecular weight is 316 g/mol. The minimum atomic E-state index is -0.657. The fourth-order valence-corrected chi connectivity index (χ4v) is 1.53. The number of amides is 2. The Morgan fingerprint density at radius 2 is 1.59 bits per heavy atom. The second-order valence-corrected chi connectivity index (χ2v) is 5.96. The van der Waals surface area contributed by atoms with E-state index in [1.165, 1.54) is 0 Å². The number of carbonyl (C=O) groups excluding carboxylic acids is 3. The zero-order valence-electron chi connectivity index (χ0n) is 15.2. The van der Waals surface area contributed by atoms with Gasteiger partial charge >= 0.3 is 6.09 Å². The first-order chi connectivity index (χ1) is 10.1. The molecular formula is C16H32N2O4. The van der Waals surface area contributed by atoms with Crippen LogP contribution < -0.4 is 10.6 Å². The highest BCUT2D eigenvalue weighted by Gasteiger charge is 2.23. The summed E-state index contributed by atoms with van der Waals surface area (Å²) in [7, 11) is 0. The van der Waals surface area contributed by atoms with Gasteiger partial charge in [0.2, 0.25) is 5.91 Å². The third-order valence-electron chi connectivity index (χ3n) is 2.47. The molecular weight excluding hydrogens is 284 g/mol. The SMILES string of the molecule is CC.CCC(=O)C(NC(=O)CNC(=O)OC(C)(C)C)C(C)C. The van der Waals surface area contributed by atoms with Gasteiger partial charge in [0.15, 0.2) is 5.78 Å². The molecule has 0 aromatic rings. The highest BCUT2D eigenvalue weighted by molar-refractivity contribution is 5.90. The predicted molar refractivity (Wildman–Crippen MR) is 87.7 cm³/mol. The first-order valence-corrected chi connectivity index (χ1v) is 7.85. The second kappa shape index (κ2) is 11.0. The number of hydrogen-bond acceptors (Lipinski definition) is 4. The normalized spacial score (nSPS) is 11.9. The van der Waals surface area contributed by atoms with Crippen LogP contribution in [-0.2, 0) is 14.3 Å². The van der Waals surface area contributed by atoms with Crippen LogP contribution in [0.15, 0.2) is 0 Å². The molecule has 0 spiro atoms. The van der Waals surface area contributed by atoms with Crippen LogP contribution in [0.3, 0.4) is 0 Å². The summed E-state index contributed by atoms with van der Waals surface area (Å²) in [5.41, 5.74) is -0.612. The van der Waals surface area contributed by atoms with E-state index in [1.807, 2.05) is 27.7 Å². The molecule has 22 heavy (non-hydrogen) atoms. The zero-order chi connectivity index (χ0) is 17.9. The second-order valence-electron chi connectivity index (χ2n) is 5.96. The van der Waals surface area contributed by atoms with Crippen LogP contribution in [0.4, 0.5) is 4.79 Å². The van der Waals surface area contributed by atoms with Gasteiger partial charge in [-0.3, -0.25) is 9.59 Å². The summed E-state index contributed by atoms with van der Waals surface area (Å²) < 4.78 is 5.01. The van der Waals surface area contributed by atoms with E-state index in [4.69, 9.17) is 4.74 Å². The molecule has 6 nitrogen and oxygen atoms in total. The van der Waals surface area contributed by atoms with Crippen LogP contribution in [0, 0.1) is 5.92 Å². The van der Waals surface area contributed by atoms with E-state index in [0.29, 0.717) is 6.42 Å². The maximum Gasteiger partial charge on any atom is 0.408 e. The van der Waals surface area contributed by atoms with Crippen molar-refractivity contribution in [3.8, 4) is 0 Å². The standard InChI is InChI=1S/C14H26N2O4.C2H6/c1-7-10(17)12(9(2)3)16-11(18)8-15-13(19)20-14(4,5)6;1-2/h9,12H,7-8H2,1-6H3,(H,15,19)(H,16,18);1-2H3. The van der Waals surface area contributed by atoms with Crippen LogP contribution in [-0.4, -0.2) is 36.0 Å². The van der Waals surface area contributed by atoms with E-state index in [1.54, 1.807) is 27.7 Å². The molecule has 130 valence electrons.